The molecule has 4 nitrogen and oxygen atoms in total. The second-order valence-corrected chi connectivity index (χ2v) is 7.89. The van der Waals surface area contributed by atoms with Gasteiger partial charge in [0, 0.05) is 42.0 Å². The first-order valence-electron chi connectivity index (χ1n) is 9.44. The van der Waals surface area contributed by atoms with Crippen molar-refractivity contribution >= 4 is 22.1 Å². The number of rotatable bonds is 6. The number of fused-ring (bicyclic) bond motifs is 1. The lowest BCUT2D eigenvalue weighted by Crippen LogP contribution is -2.16. The van der Waals surface area contributed by atoms with Gasteiger partial charge in [0.05, 0.1) is 4.88 Å². The average Bonchev–Trinajstić information content (AvgIpc) is 3.34. The first-order valence-corrected chi connectivity index (χ1v) is 10.3. The van der Waals surface area contributed by atoms with Crippen molar-refractivity contribution in [1.29, 1.82) is 0 Å². The summed E-state index contributed by atoms with van der Waals surface area (Å²) in [7, 11) is 0. The van der Waals surface area contributed by atoms with Crippen molar-refractivity contribution in [3.05, 3.63) is 60.7 Å². The van der Waals surface area contributed by atoms with Gasteiger partial charge in [-0.1, -0.05) is 55.0 Å². The zero-order valence-corrected chi connectivity index (χ0v) is 16.8. The van der Waals surface area contributed by atoms with E-state index in [0.29, 0.717) is 6.04 Å². The third-order valence-corrected chi connectivity index (χ3v) is 5.90. The van der Waals surface area contributed by atoms with E-state index in [0.717, 1.165) is 39.6 Å². The van der Waals surface area contributed by atoms with Crippen LogP contribution in [0.3, 0.4) is 0 Å². The van der Waals surface area contributed by atoms with E-state index in [1.807, 2.05) is 18.6 Å². The molecule has 4 aromatic rings. The van der Waals surface area contributed by atoms with Gasteiger partial charge in [0.1, 0.15) is 5.65 Å². The fraction of sp³-hybridized carbons (Fsp3) is 0.273. The van der Waals surface area contributed by atoms with Crippen LogP contribution in [0.15, 0.2) is 55.1 Å². The zero-order valence-electron chi connectivity index (χ0n) is 15.9. The molecule has 3 heterocycles. The highest BCUT2D eigenvalue weighted by atomic mass is 32.1. The number of hydrogen-bond donors (Lipinski definition) is 1. The summed E-state index contributed by atoms with van der Waals surface area (Å²) in [4.78, 5) is 10.3. The number of pyridine rings is 1. The van der Waals surface area contributed by atoms with Crippen molar-refractivity contribution in [2.24, 2.45) is 0 Å². The second kappa shape index (κ2) is 7.53. The number of nitrogens with zero attached hydrogens (tertiary/aromatic N) is 3. The predicted octanol–water partition coefficient (Wildman–Crippen LogP) is 6.03. The van der Waals surface area contributed by atoms with Crippen molar-refractivity contribution in [2.75, 3.05) is 5.32 Å². The third-order valence-electron chi connectivity index (χ3n) is 4.92. The molecule has 1 N–H and O–H groups in total. The normalized spacial score (nSPS) is 11.4. The first-order chi connectivity index (χ1) is 13.2. The van der Waals surface area contributed by atoms with Crippen LogP contribution in [0.2, 0.25) is 0 Å². The topological polar surface area (TPSA) is 42.2 Å². The van der Waals surface area contributed by atoms with Gasteiger partial charge >= 0.3 is 0 Å². The number of hydrogen-bond acceptors (Lipinski definition) is 4. The molecule has 0 saturated carbocycles. The summed E-state index contributed by atoms with van der Waals surface area (Å²) < 4.78 is 2.10. The van der Waals surface area contributed by atoms with Crippen molar-refractivity contribution in [3.63, 3.8) is 0 Å². The maximum absolute atomic E-state index is 4.60. The quantitative estimate of drug-likeness (QED) is 0.446. The van der Waals surface area contributed by atoms with E-state index in [-0.39, 0.29) is 0 Å². The Morgan fingerprint density at radius 2 is 1.96 bits per heavy atom. The number of anilines is 1. The Morgan fingerprint density at radius 1 is 1.11 bits per heavy atom. The zero-order chi connectivity index (χ0) is 18.8. The van der Waals surface area contributed by atoms with Crippen molar-refractivity contribution in [3.8, 4) is 21.6 Å². The Kier molecular flexibility index (Phi) is 4.94. The molecule has 1 aromatic carbocycles. The van der Waals surface area contributed by atoms with Gasteiger partial charge in [0.15, 0.2) is 5.13 Å². The summed E-state index contributed by atoms with van der Waals surface area (Å²) in [6, 6.07) is 11.3. The summed E-state index contributed by atoms with van der Waals surface area (Å²) in [6.07, 6.45) is 10.2. The van der Waals surface area contributed by atoms with Gasteiger partial charge in [0.2, 0.25) is 0 Å². The maximum atomic E-state index is 4.60. The smallest absolute Gasteiger partial charge is 0.183 e. The molecule has 0 radical (unpaired) electrons. The van der Waals surface area contributed by atoms with Crippen LogP contribution < -0.4 is 5.32 Å². The second-order valence-electron chi connectivity index (χ2n) is 6.86. The van der Waals surface area contributed by atoms with Crippen molar-refractivity contribution in [1.82, 2.24) is 14.4 Å². The van der Waals surface area contributed by atoms with Crippen molar-refractivity contribution in [2.45, 2.75) is 39.7 Å². The average molecular weight is 377 g/mol. The van der Waals surface area contributed by atoms with E-state index in [4.69, 9.17) is 0 Å². The molecule has 0 aliphatic heterocycles. The number of benzene rings is 1. The minimum absolute atomic E-state index is 0.475. The largest absolute Gasteiger partial charge is 0.359 e. The van der Waals surface area contributed by atoms with Gasteiger partial charge in [-0.15, -0.1) is 0 Å². The van der Waals surface area contributed by atoms with Gasteiger partial charge in [-0.2, -0.15) is 0 Å². The summed E-state index contributed by atoms with van der Waals surface area (Å²) in [6.45, 7) is 6.53. The number of nitrogens with one attached hydrogen (secondary N) is 1. The number of aromatic nitrogens is 3. The van der Waals surface area contributed by atoms with E-state index >= 15 is 0 Å². The highest BCUT2D eigenvalue weighted by Gasteiger charge is 2.13. The Bertz CT molecular complexity index is 1060. The molecule has 0 saturated heterocycles. The number of imidazole rings is 1. The van der Waals surface area contributed by atoms with E-state index in [9.17, 15) is 0 Å². The van der Waals surface area contributed by atoms with Crippen LogP contribution in [0.4, 0.5) is 5.13 Å². The van der Waals surface area contributed by atoms with Gasteiger partial charge in [-0.25, -0.2) is 9.97 Å². The molecule has 5 heteroatoms. The molecular formula is C22H24N4S. The van der Waals surface area contributed by atoms with Gasteiger partial charge < -0.3 is 9.72 Å². The molecule has 0 atom stereocenters. The van der Waals surface area contributed by atoms with Crippen LogP contribution in [0.25, 0.3) is 27.2 Å². The number of aryl methyl sites for hydroxylation is 1. The lowest BCUT2D eigenvalue weighted by Gasteiger charge is -2.12. The molecule has 27 heavy (non-hydrogen) atoms. The monoisotopic (exact) mass is 376 g/mol. The summed E-state index contributed by atoms with van der Waals surface area (Å²) in [5.41, 5.74) is 5.71. The minimum Gasteiger partial charge on any atom is -0.359 e. The Balaban J connectivity index is 1.76. The summed E-state index contributed by atoms with van der Waals surface area (Å²) in [5, 5.41) is 4.53. The molecule has 138 valence electrons. The summed E-state index contributed by atoms with van der Waals surface area (Å²) >= 11 is 1.71. The van der Waals surface area contributed by atoms with E-state index in [1.165, 1.54) is 11.1 Å². The standard InChI is InChI=1S/C22H24N4S/c1-4-18(5-2)25-22-24-13-20(27-22)17-12-19(16-8-6-7-15(3)11-16)21-23-9-10-26(21)14-17/h6-14,18H,4-5H2,1-3H3,(H,24,25). The van der Waals surface area contributed by atoms with Crippen molar-refractivity contribution < 1.29 is 0 Å². The van der Waals surface area contributed by atoms with Gasteiger partial charge in [0.25, 0.3) is 0 Å². The van der Waals surface area contributed by atoms with Crippen LogP contribution in [0.5, 0.6) is 0 Å². The highest BCUT2D eigenvalue weighted by Crippen LogP contribution is 2.34. The molecular weight excluding hydrogens is 352 g/mol. The fourth-order valence-corrected chi connectivity index (χ4v) is 4.21. The van der Waals surface area contributed by atoms with Gasteiger partial charge in [-0.05, 0) is 31.4 Å². The maximum Gasteiger partial charge on any atom is 0.183 e. The molecule has 0 amide bonds. The van der Waals surface area contributed by atoms with Crippen LogP contribution in [0.1, 0.15) is 32.3 Å². The molecule has 0 fully saturated rings. The molecule has 0 spiro atoms. The minimum atomic E-state index is 0.475. The van der Waals surface area contributed by atoms with Crippen LogP contribution >= 0.6 is 11.3 Å². The van der Waals surface area contributed by atoms with Crippen LogP contribution in [0, 0.1) is 6.92 Å². The SMILES string of the molecule is CCC(CC)Nc1ncc(-c2cc(-c3cccc(C)c3)c3nccn3c2)s1. The Morgan fingerprint density at radius 3 is 2.74 bits per heavy atom. The molecule has 0 aliphatic carbocycles. The van der Waals surface area contributed by atoms with E-state index in [1.54, 1.807) is 11.3 Å². The highest BCUT2D eigenvalue weighted by molar-refractivity contribution is 7.18. The van der Waals surface area contributed by atoms with E-state index in [2.05, 4.69) is 77.0 Å². The molecule has 0 aliphatic rings. The first kappa shape index (κ1) is 17.7. The lowest BCUT2D eigenvalue weighted by atomic mass is 10.0. The third kappa shape index (κ3) is 3.60. The summed E-state index contributed by atoms with van der Waals surface area (Å²) in [5.74, 6) is 0. The Labute approximate surface area is 163 Å². The lowest BCUT2D eigenvalue weighted by molar-refractivity contribution is 0.671. The molecule has 3 aromatic heterocycles. The number of thiazole rings is 1. The predicted molar refractivity (Wildman–Crippen MR) is 114 cm³/mol. The molecule has 0 bridgehead atoms. The van der Waals surface area contributed by atoms with Crippen LogP contribution in [-0.4, -0.2) is 20.4 Å². The van der Waals surface area contributed by atoms with E-state index < -0.39 is 0 Å². The molecule has 0 unspecified atom stereocenters. The van der Waals surface area contributed by atoms with Gasteiger partial charge in [-0.3, -0.25) is 0 Å². The Hall–Kier alpha value is -2.66. The molecule has 4 rings (SSSR count). The van der Waals surface area contributed by atoms with Crippen LogP contribution in [-0.2, 0) is 0 Å². The fourth-order valence-electron chi connectivity index (χ4n) is 3.33.